The number of carbonyl (C=O) groups is 2. The van der Waals surface area contributed by atoms with Crippen LogP contribution in [0.15, 0.2) is 30.3 Å². The molecule has 0 unspecified atom stereocenters. The van der Waals surface area contributed by atoms with Crippen molar-refractivity contribution < 1.29 is 24.3 Å². The molecule has 9 nitrogen and oxygen atoms in total. The second-order valence-corrected chi connectivity index (χ2v) is 7.20. The molecule has 1 heterocycles. The molecule has 0 aromatic heterocycles. The zero-order valence-corrected chi connectivity index (χ0v) is 15.8. The number of hydrogen-bond acceptors (Lipinski definition) is 6. The van der Waals surface area contributed by atoms with Crippen molar-refractivity contribution in [1.82, 2.24) is 15.3 Å². The van der Waals surface area contributed by atoms with Crippen LogP contribution in [0, 0.1) is 5.41 Å². The molecule has 1 aliphatic heterocycles. The molecule has 1 aliphatic rings. The van der Waals surface area contributed by atoms with Gasteiger partial charge in [0, 0.05) is 13.1 Å². The molecule has 1 aromatic carbocycles. The second-order valence-electron chi connectivity index (χ2n) is 7.20. The van der Waals surface area contributed by atoms with Crippen LogP contribution in [0.3, 0.4) is 0 Å². The van der Waals surface area contributed by atoms with E-state index in [1.807, 2.05) is 30.3 Å². The monoisotopic (exact) mass is 378 g/mol. The molecule has 27 heavy (non-hydrogen) atoms. The van der Waals surface area contributed by atoms with Crippen molar-refractivity contribution in [2.45, 2.75) is 39.0 Å². The molecule has 1 aromatic rings. The van der Waals surface area contributed by atoms with Gasteiger partial charge in [0.15, 0.2) is 0 Å². The highest BCUT2D eigenvalue weighted by molar-refractivity contribution is 5.88. The van der Waals surface area contributed by atoms with Gasteiger partial charge >= 0.3 is 12.2 Å². The lowest BCUT2D eigenvalue weighted by Gasteiger charge is -2.40. The third-order valence-electron chi connectivity index (χ3n) is 3.93. The van der Waals surface area contributed by atoms with Gasteiger partial charge in [0.2, 0.25) is 0 Å². The molecule has 0 radical (unpaired) electrons. The van der Waals surface area contributed by atoms with Gasteiger partial charge in [-0.2, -0.15) is 0 Å². The lowest BCUT2D eigenvalue weighted by atomic mass is 10.1. The minimum Gasteiger partial charge on any atom is -0.445 e. The van der Waals surface area contributed by atoms with Crippen molar-refractivity contribution in [2.75, 3.05) is 19.6 Å². The first kappa shape index (κ1) is 20.5. The summed E-state index contributed by atoms with van der Waals surface area (Å²) in [6.45, 7) is 5.79. The van der Waals surface area contributed by atoms with Crippen LogP contribution in [0.5, 0.6) is 0 Å². The summed E-state index contributed by atoms with van der Waals surface area (Å²) in [4.78, 5) is 27.5. The number of hydrogen-bond donors (Lipinski definition) is 3. The predicted octanol–water partition coefficient (Wildman–Crippen LogP) is 2.20. The summed E-state index contributed by atoms with van der Waals surface area (Å²) in [5, 5.41) is 17.0. The number of rotatable bonds is 3. The van der Waals surface area contributed by atoms with Gasteiger partial charge in [-0.3, -0.25) is 21.0 Å². The van der Waals surface area contributed by atoms with Crippen LogP contribution in [0.2, 0.25) is 0 Å². The van der Waals surface area contributed by atoms with Gasteiger partial charge in [0.25, 0.3) is 0 Å². The van der Waals surface area contributed by atoms with Gasteiger partial charge in [0.05, 0.1) is 6.54 Å². The fourth-order valence-electron chi connectivity index (χ4n) is 2.62. The van der Waals surface area contributed by atoms with Gasteiger partial charge in [-0.25, -0.2) is 9.59 Å². The van der Waals surface area contributed by atoms with Gasteiger partial charge in [-0.05, 0) is 26.3 Å². The summed E-state index contributed by atoms with van der Waals surface area (Å²) in [6.07, 6.45) is -1.15. The summed E-state index contributed by atoms with van der Waals surface area (Å²) in [5.41, 5.74) is 1.94. The Morgan fingerprint density at radius 1 is 1.22 bits per heavy atom. The molecule has 1 fully saturated rings. The molecule has 3 N–H and O–H groups in total. The summed E-state index contributed by atoms with van der Waals surface area (Å²) in [7, 11) is 0. The van der Waals surface area contributed by atoms with Crippen molar-refractivity contribution in [2.24, 2.45) is 0 Å². The number of amidine groups is 1. The van der Waals surface area contributed by atoms with E-state index >= 15 is 0 Å². The maximum absolute atomic E-state index is 12.5. The van der Waals surface area contributed by atoms with Crippen LogP contribution < -0.4 is 5.48 Å². The van der Waals surface area contributed by atoms with Crippen molar-refractivity contribution in [3.05, 3.63) is 35.9 Å². The standard InChI is InChI=1S/C18H26N4O5/c1-18(2,3)27-16(23)21-9-10-22(14(11-21)15(19)20-25)17(24)26-12-13-7-5-4-6-8-13/h4-8,14,25H,9-12H2,1-3H3,(H2,19,20)/t14-/m0/s1. The Morgan fingerprint density at radius 3 is 2.48 bits per heavy atom. The zero-order chi connectivity index (χ0) is 20.0. The van der Waals surface area contributed by atoms with Crippen molar-refractivity contribution in [3.8, 4) is 0 Å². The number of amides is 2. The highest BCUT2D eigenvalue weighted by atomic mass is 16.6. The van der Waals surface area contributed by atoms with Crippen molar-refractivity contribution >= 4 is 18.0 Å². The Kier molecular flexibility index (Phi) is 6.62. The Hall–Kier alpha value is -2.81. The van der Waals surface area contributed by atoms with Crippen LogP contribution >= 0.6 is 0 Å². The molecule has 2 amide bonds. The smallest absolute Gasteiger partial charge is 0.410 e. The lowest BCUT2D eigenvalue weighted by molar-refractivity contribution is 0.00685. The van der Waals surface area contributed by atoms with E-state index in [0.29, 0.717) is 0 Å². The van der Waals surface area contributed by atoms with Crippen LogP contribution in [-0.2, 0) is 16.1 Å². The molecule has 0 spiro atoms. The topological polar surface area (TPSA) is 115 Å². The van der Waals surface area contributed by atoms with E-state index in [1.54, 1.807) is 26.3 Å². The molecule has 0 aliphatic carbocycles. The van der Waals surface area contributed by atoms with Crippen LogP contribution in [0.4, 0.5) is 9.59 Å². The number of benzene rings is 1. The third-order valence-corrected chi connectivity index (χ3v) is 3.93. The molecule has 2 rings (SSSR count). The van der Waals surface area contributed by atoms with Crippen LogP contribution in [-0.4, -0.2) is 64.3 Å². The minimum atomic E-state index is -0.862. The first-order valence-electron chi connectivity index (χ1n) is 8.65. The Balaban J connectivity index is 2.02. The number of carbonyl (C=O) groups excluding carboxylic acids is 2. The van der Waals surface area contributed by atoms with E-state index in [9.17, 15) is 9.59 Å². The fourth-order valence-corrected chi connectivity index (χ4v) is 2.62. The van der Waals surface area contributed by atoms with Crippen LogP contribution in [0.25, 0.3) is 0 Å². The number of nitrogens with zero attached hydrogens (tertiary/aromatic N) is 2. The van der Waals surface area contributed by atoms with E-state index in [2.05, 4.69) is 0 Å². The highest BCUT2D eigenvalue weighted by Gasteiger charge is 2.37. The number of hydroxylamine groups is 1. The first-order chi connectivity index (χ1) is 12.7. The Labute approximate surface area is 158 Å². The summed E-state index contributed by atoms with van der Waals surface area (Å²) in [5.74, 6) is -0.306. The Morgan fingerprint density at radius 2 is 1.89 bits per heavy atom. The fraction of sp³-hybridized carbons (Fsp3) is 0.500. The maximum Gasteiger partial charge on any atom is 0.410 e. The summed E-state index contributed by atoms with van der Waals surface area (Å²) in [6, 6.07) is 8.37. The van der Waals surface area contributed by atoms with E-state index in [-0.39, 0.29) is 32.1 Å². The van der Waals surface area contributed by atoms with Crippen molar-refractivity contribution in [1.29, 1.82) is 5.41 Å². The lowest BCUT2D eigenvalue weighted by Crippen LogP contribution is -2.61. The molecular weight excluding hydrogens is 352 g/mol. The van der Waals surface area contributed by atoms with E-state index in [0.717, 1.165) is 5.56 Å². The number of piperazine rings is 1. The normalized spacial score (nSPS) is 17.3. The maximum atomic E-state index is 12.5. The molecule has 9 heteroatoms. The van der Waals surface area contributed by atoms with Gasteiger partial charge in [-0.15, -0.1) is 0 Å². The van der Waals surface area contributed by atoms with Crippen molar-refractivity contribution in [3.63, 3.8) is 0 Å². The highest BCUT2D eigenvalue weighted by Crippen LogP contribution is 2.17. The van der Waals surface area contributed by atoms with E-state index in [4.69, 9.17) is 20.1 Å². The van der Waals surface area contributed by atoms with Gasteiger partial charge < -0.3 is 14.4 Å². The zero-order valence-electron chi connectivity index (χ0n) is 15.8. The molecule has 0 saturated carbocycles. The predicted molar refractivity (Wildman–Crippen MR) is 97.6 cm³/mol. The second kappa shape index (κ2) is 8.72. The van der Waals surface area contributed by atoms with Gasteiger partial charge in [-0.1, -0.05) is 30.3 Å². The number of nitrogens with one attached hydrogen (secondary N) is 2. The largest absolute Gasteiger partial charge is 0.445 e. The molecule has 148 valence electrons. The summed E-state index contributed by atoms with van der Waals surface area (Å²) < 4.78 is 10.7. The third kappa shape index (κ3) is 5.85. The average molecular weight is 378 g/mol. The quantitative estimate of drug-likeness (QED) is 0.422. The van der Waals surface area contributed by atoms with Gasteiger partial charge in [0.1, 0.15) is 24.1 Å². The average Bonchev–Trinajstić information content (AvgIpc) is 2.64. The van der Waals surface area contributed by atoms with E-state index < -0.39 is 23.8 Å². The molecule has 0 bridgehead atoms. The minimum absolute atomic E-state index is 0.0156. The molecule has 1 saturated heterocycles. The first-order valence-corrected chi connectivity index (χ1v) is 8.65. The van der Waals surface area contributed by atoms with E-state index in [1.165, 1.54) is 9.80 Å². The van der Waals surface area contributed by atoms with Crippen LogP contribution in [0.1, 0.15) is 26.3 Å². The summed E-state index contributed by atoms with van der Waals surface area (Å²) >= 11 is 0. The SMILES string of the molecule is CC(C)(C)OC(=O)N1CCN(C(=O)OCc2ccccc2)[C@H](C(=N)NO)C1. The number of ether oxygens (including phenoxy) is 2. The molecule has 1 atom stereocenters. The molecular formula is C18H26N4O5. The Bertz CT molecular complexity index is 674.